The molecule has 1 aromatic carbocycles. The average Bonchev–Trinajstić information content (AvgIpc) is 3.23. The molecule has 2 aromatic heterocycles. The van der Waals surface area contributed by atoms with Crippen molar-refractivity contribution in [3.05, 3.63) is 35.2 Å². The number of nitrogens with zero attached hydrogens (tertiary/aromatic N) is 2. The smallest absolute Gasteiger partial charge is 0.309 e. The van der Waals surface area contributed by atoms with Crippen LogP contribution in [0, 0.1) is 19.8 Å². The molecule has 0 unspecified atom stereocenters. The van der Waals surface area contributed by atoms with Gasteiger partial charge in [0.2, 0.25) is 0 Å². The van der Waals surface area contributed by atoms with Gasteiger partial charge < -0.3 is 14.2 Å². The largest absolute Gasteiger partial charge is 0.450 e. The average molecular weight is 353 g/mol. The number of rotatable bonds is 3. The van der Waals surface area contributed by atoms with E-state index in [-0.39, 0.29) is 23.7 Å². The van der Waals surface area contributed by atoms with Crippen LogP contribution in [-0.4, -0.2) is 22.1 Å². The highest BCUT2D eigenvalue weighted by molar-refractivity contribution is 5.91. The minimum Gasteiger partial charge on any atom is -0.450 e. The zero-order valence-electron chi connectivity index (χ0n) is 15.3. The molecule has 6 nitrogen and oxygen atoms in total. The number of nitrogens with one attached hydrogen (secondary N) is 1. The first-order valence-corrected chi connectivity index (χ1v) is 9.16. The molecule has 1 saturated carbocycles. The Morgan fingerprint density at radius 1 is 1.12 bits per heavy atom. The number of fused-ring (bicyclic) bond motifs is 1. The van der Waals surface area contributed by atoms with Crippen molar-refractivity contribution in [1.29, 1.82) is 0 Å². The van der Waals surface area contributed by atoms with Crippen molar-refractivity contribution in [3.8, 4) is 11.7 Å². The molecule has 1 N–H and O–H groups in total. The SMILES string of the molecule is Cc1c(-c2nnc(C(=O)NC3CCC(C)CC3)o2)oc2c(C)cccc12. The van der Waals surface area contributed by atoms with Crippen LogP contribution in [0.25, 0.3) is 22.6 Å². The fraction of sp³-hybridized carbons (Fsp3) is 0.450. The third-order valence-electron chi connectivity index (χ3n) is 5.33. The highest BCUT2D eigenvalue weighted by Crippen LogP contribution is 2.33. The summed E-state index contributed by atoms with van der Waals surface area (Å²) in [6.07, 6.45) is 4.26. The number of amides is 1. The number of hydrogen-bond acceptors (Lipinski definition) is 5. The normalized spacial score (nSPS) is 20.4. The van der Waals surface area contributed by atoms with Crippen LogP contribution >= 0.6 is 0 Å². The summed E-state index contributed by atoms with van der Waals surface area (Å²) in [6.45, 7) is 6.19. The highest BCUT2D eigenvalue weighted by Gasteiger charge is 2.25. The third kappa shape index (κ3) is 3.00. The van der Waals surface area contributed by atoms with E-state index in [4.69, 9.17) is 8.83 Å². The number of carbonyl (C=O) groups is 1. The van der Waals surface area contributed by atoms with Gasteiger partial charge in [-0.05, 0) is 51.0 Å². The van der Waals surface area contributed by atoms with E-state index < -0.39 is 0 Å². The molecule has 1 fully saturated rings. The van der Waals surface area contributed by atoms with E-state index in [1.165, 1.54) is 0 Å². The summed E-state index contributed by atoms with van der Waals surface area (Å²) in [7, 11) is 0. The highest BCUT2D eigenvalue weighted by atomic mass is 16.4. The first-order chi connectivity index (χ1) is 12.5. The van der Waals surface area contributed by atoms with E-state index in [9.17, 15) is 4.79 Å². The van der Waals surface area contributed by atoms with E-state index in [1.54, 1.807) is 0 Å². The van der Waals surface area contributed by atoms with Crippen LogP contribution in [0.5, 0.6) is 0 Å². The molecule has 1 aliphatic rings. The van der Waals surface area contributed by atoms with Crippen LogP contribution in [0.4, 0.5) is 0 Å². The zero-order valence-corrected chi connectivity index (χ0v) is 15.3. The summed E-state index contributed by atoms with van der Waals surface area (Å²) in [6, 6.07) is 6.16. The topological polar surface area (TPSA) is 81.2 Å². The summed E-state index contributed by atoms with van der Waals surface area (Å²) in [5.41, 5.74) is 2.78. The predicted molar refractivity (Wildman–Crippen MR) is 97.9 cm³/mol. The lowest BCUT2D eigenvalue weighted by atomic mass is 9.87. The molecule has 0 saturated heterocycles. The Labute approximate surface area is 152 Å². The Hall–Kier alpha value is -2.63. The van der Waals surface area contributed by atoms with Gasteiger partial charge in [-0.3, -0.25) is 4.79 Å². The van der Waals surface area contributed by atoms with Crippen LogP contribution in [-0.2, 0) is 0 Å². The Balaban J connectivity index is 1.55. The van der Waals surface area contributed by atoms with E-state index in [0.29, 0.717) is 5.76 Å². The molecular formula is C20H23N3O3. The number of hydrogen-bond donors (Lipinski definition) is 1. The van der Waals surface area contributed by atoms with Gasteiger partial charge in [-0.15, -0.1) is 10.2 Å². The maximum absolute atomic E-state index is 12.4. The molecular weight excluding hydrogens is 330 g/mol. The Morgan fingerprint density at radius 3 is 2.62 bits per heavy atom. The molecule has 26 heavy (non-hydrogen) atoms. The van der Waals surface area contributed by atoms with Crippen molar-refractivity contribution < 1.29 is 13.6 Å². The first-order valence-electron chi connectivity index (χ1n) is 9.16. The standard InChI is InChI=1S/C20H23N3O3/c1-11-7-9-14(10-8-11)21-18(24)20-23-22-19(26-20)17-13(3)15-6-4-5-12(2)16(15)25-17/h4-6,11,14H,7-10H2,1-3H3,(H,21,24). The van der Waals surface area contributed by atoms with Crippen LogP contribution < -0.4 is 5.32 Å². The molecule has 1 aliphatic carbocycles. The minimum absolute atomic E-state index is 0.0183. The zero-order chi connectivity index (χ0) is 18.3. The number of benzene rings is 1. The van der Waals surface area contributed by atoms with Crippen molar-refractivity contribution in [1.82, 2.24) is 15.5 Å². The fourth-order valence-electron chi connectivity index (χ4n) is 3.65. The maximum Gasteiger partial charge on any atom is 0.309 e. The molecule has 4 rings (SSSR count). The third-order valence-corrected chi connectivity index (χ3v) is 5.33. The fourth-order valence-corrected chi connectivity index (χ4v) is 3.65. The van der Waals surface area contributed by atoms with Gasteiger partial charge in [-0.1, -0.05) is 25.1 Å². The molecule has 0 spiro atoms. The molecule has 1 amide bonds. The Kier molecular flexibility index (Phi) is 4.26. The molecule has 0 radical (unpaired) electrons. The van der Waals surface area contributed by atoms with Gasteiger partial charge in [-0.2, -0.15) is 0 Å². The number of aryl methyl sites for hydroxylation is 2. The van der Waals surface area contributed by atoms with Gasteiger partial charge in [0, 0.05) is 17.0 Å². The molecule has 2 heterocycles. The van der Waals surface area contributed by atoms with Gasteiger partial charge >= 0.3 is 11.8 Å². The van der Waals surface area contributed by atoms with Crippen molar-refractivity contribution in [3.63, 3.8) is 0 Å². The quantitative estimate of drug-likeness (QED) is 0.754. The lowest BCUT2D eigenvalue weighted by Crippen LogP contribution is -2.37. The van der Waals surface area contributed by atoms with Crippen molar-refractivity contribution in [2.24, 2.45) is 5.92 Å². The number of furan rings is 1. The van der Waals surface area contributed by atoms with Crippen LogP contribution in [0.15, 0.2) is 27.0 Å². The van der Waals surface area contributed by atoms with E-state index >= 15 is 0 Å². The van der Waals surface area contributed by atoms with E-state index in [2.05, 4.69) is 22.4 Å². The summed E-state index contributed by atoms with van der Waals surface area (Å²) >= 11 is 0. The minimum atomic E-state index is -0.312. The summed E-state index contributed by atoms with van der Waals surface area (Å²) in [5.74, 6) is 1.16. The number of aromatic nitrogens is 2. The van der Waals surface area contributed by atoms with Gasteiger partial charge in [0.15, 0.2) is 5.76 Å². The number of carbonyl (C=O) groups excluding carboxylic acids is 1. The van der Waals surface area contributed by atoms with Crippen LogP contribution in [0.2, 0.25) is 0 Å². The molecule has 0 atom stereocenters. The lowest BCUT2D eigenvalue weighted by molar-refractivity contribution is 0.0888. The lowest BCUT2D eigenvalue weighted by Gasteiger charge is -2.26. The van der Waals surface area contributed by atoms with Gasteiger partial charge in [0.1, 0.15) is 5.58 Å². The molecule has 3 aromatic rings. The van der Waals surface area contributed by atoms with Crippen LogP contribution in [0.3, 0.4) is 0 Å². The maximum atomic E-state index is 12.4. The monoisotopic (exact) mass is 353 g/mol. The first kappa shape index (κ1) is 16.8. The van der Waals surface area contributed by atoms with Crippen molar-refractivity contribution in [2.45, 2.75) is 52.5 Å². The van der Waals surface area contributed by atoms with Crippen LogP contribution in [0.1, 0.15) is 54.4 Å². The second kappa shape index (κ2) is 6.59. The van der Waals surface area contributed by atoms with Crippen molar-refractivity contribution >= 4 is 16.9 Å². The second-order valence-corrected chi connectivity index (χ2v) is 7.35. The molecule has 6 heteroatoms. The summed E-state index contributed by atoms with van der Waals surface area (Å²) in [4.78, 5) is 12.4. The van der Waals surface area contributed by atoms with E-state index in [0.717, 1.165) is 53.7 Å². The predicted octanol–water partition coefficient (Wildman–Crippen LogP) is 4.41. The Morgan fingerprint density at radius 2 is 1.88 bits per heavy atom. The van der Waals surface area contributed by atoms with E-state index in [1.807, 2.05) is 32.0 Å². The number of para-hydroxylation sites is 1. The molecule has 0 aliphatic heterocycles. The summed E-state index contributed by atoms with van der Waals surface area (Å²) in [5, 5.41) is 12.0. The van der Waals surface area contributed by atoms with Crippen molar-refractivity contribution in [2.75, 3.05) is 0 Å². The molecule has 136 valence electrons. The van der Waals surface area contributed by atoms with Gasteiger partial charge in [0.25, 0.3) is 5.89 Å². The summed E-state index contributed by atoms with van der Waals surface area (Å²) < 4.78 is 11.6. The van der Waals surface area contributed by atoms with Gasteiger partial charge in [0.05, 0.1) is 0 Å². The second-order valence-electron chi connectivity index (χ2n) is 7.35. The Bertz CT molecular complexity index is 949. The molecule has 0 bridgehead atoms. The van der Waals surface area contributed by atoms with Gasteiger partial charge in [-0.25, -0.2) is 0 Å².